The Morgan fingerprint density at radius 3 is 2.84 bits per heavy atom. The molecule has 5 nitrogen and oxygen atoms in total. The van der Waals surface area contributed by atoms with E-state index in [0.717, 1.165) is 4.90 Å². The van der Waals surface area contributed by atoms with E-state index in [1.807, 2.05) is 30.3 Å². The van der Waals surface area contributed by atoms with Crippen LogP contribution in [0.15, 0.2) is 53.4 Å². The van der Waals surface area contributed by atoms with Crippen LogP contribution in [-0.2, 0) is 4.79 Å². The number of hydrogen-bond acceptors (Lipinski definition) is 4. The second-order valence-corrected chi connectivity index (χ2v) is 6.91. The smallest absolute Gasteiger partial charge is 0.257 e. The summed E-state index contributed by atoms with van der Waals surface area (Å²) >= 11 is 1.64. The van der Waals surface area contributed by atoms with Crippen molar-refractivity contribution in [2.24, 2.45) is 0 Å². The number of carbonyl (C=O) groups excluding carboxylic acids is 2. The number of anilines is 1. The number of benzene rings is 2. The molecule has 1 aliphatic heterocycles. The summed E-state index contributed by atoms with van der Waals surface area (Å²) in [5.41, 5.74) is 1.09. The average Bonchev–Trinajstić information content (AvgIpc) is 2.75. The fourth-order valence-corrected chi connectivity index (χ4v) is 3.37. The predicted octanol–water partition coefficient (Wildman–Crippen LogP) is 3.27. The van der Waals surface area contributed by atoms with Crippen molar-refractivity contribution >= 4 is 29.3 Å². The number of hydrogen-bond donors (Lipinski definition) is 1. The van der Waals surface area contributed by atoms with Crippen molar-refractivity contribution in [3.63, 3.8) is 0 Å². The van der Waals surface area contributed by atoms with E-state index in [1.165, 1.54) is 0 Å². The van der Waals surface area contributed by atoms with E-state index < -0.39 is 0 Å². The lowest BCUT2D eigenvalue weighted by molar-refractivity contribution is -0.115. The van der Waals surface area contributed by atoms with Crippen LogP contribution >= 0.6 is 11.8 Å². The molecule has 25 heavy (non-hydrogen) atoms. The molecule has 0 unspecified atom stereocenters. The topological polar surface area (TPSA) is 58.6 Å². The van der Waals surface area contributed by atoms with Crippen molar-refractivity contribution < 1.29 is 14.3 Å². The first-order valence-corrected chi connectivity index (χ1v) is 9.12. The summed E-state index contributed by atoms with van der Waals surface area (Å²) in [6.07, 6.45) is 0.404. The molecule has 0 radical (unpaired) electrons. The first-order valence-electron chi connectivity index (χ1n) is 8.13. The van der Waals surface area contributed by atoms with Gasteiger partial charge in [-0.15, -0.1) is 11.8 Å². The minimum atomic E-state index is -0.0942. The van der Waals surface area contributed by atoms with E-state index in [1.54, 1.807) is 41.9 Å². The van der Waals surface area contributed by atoms with Crippen LogP contribution in [0.4, 0.5) is 5.69 Å². The quantitative estimate of drug-likeness (QED) is 0.836. The maximum absolute atomic E-state index is 12.3. The largest absolute Gasteiger partial charge is 0.491 e. The molecule has 0 saturated heterocycles. The zero-order chi connectivity index (χ0) is 17.6. The third-order valence-corrected chi connectivity index (χ3v) is 4.88. The van der Waals surface area contributed by atoms with Gasteiger partial charge in [0.05, 0.1) is 12.1 Å². The Morgan fingerprint density at radius 2 is 2.04 bits per heavy atom. The number of thioether (sulfide) groups is 1. The van der Waals surface area contributed by atoms with E-state index in [2.05, 4.69) is 5.32 Å². The van der Waals surface area contributed by atoms with Crippen LogP contribution in [0, 0.1) is 0 Å². The van der Waals surface area contributed by atoms with Gasteiger partial charge < -0.3 is 15.0 Å². The van der Waals surface area contributed by atoms with Gasteiger partial charge in [0, 0.05) is 29.8 Å². The zero-order valence-electron chi connectivity index (χ0n) is 14.0. The van der Waals surface area contributed by atoms with Crippen LogP contribution in [0.3, 0.4) is 0 Å². The predicted molar refractivity (Wildman–Crippen MR) is 99.3 cm³/mol. The highest BCUT2D eigenvalue weighted by atomic mass is 32.2. The van der Waals surface area contributed by atoms with Crippen molar-refractivity contribution in [2.75, 3.05) is 31.3 Å². The van der Waals surface area contributed by atoms with Gasteiger partial charge in [-0.3, -0.25) is 9.59 Å². The maximum atomic E-state index is 12.3. The third-order valence-electron chi connectivity index (χ3n) is 3.87. The lowest BCUT2D eigenvalue weighted by Gasteiger charge is -2.13. The summed E-state index contributed by atoms with van der Waals surface area (Å²) in [7, 11) is 1.74. The molecule has 2 aromatic carbocycles. The number of nitrogens with one attached hydrogen (secondary N) is 1. The second kappa shape index (κ2) is 8.07. The van der Waals surface area contributed by atoms with Gasteiger partial charge in [-0.05, 0) is 30.3 Å². The van der Waals surface area contributed by atoms with Gasteiger partial charge in [-0.2, -0.15) is 0 Å². The number of ether oxygens (including phenoxy) is 1. The minimum Gasteiger partial charge on any atom is -0.491 e. The van der Waals surface area contributed by atoms with Crippen molar-refractivity contribution in [2.45, 2.75) is 11.3 Å². The zero-order valence-corrected chi connectivity index (χ0v) is 14.8. The number of likely N-dealkylation sites (N-methyl/N-ethyl adjacent to an activating group) is 1. The molecular formula is C19H20N2O3S. The fourth-order valence-electron chi connectivity index (χ4n) is 2.50. The second-order valence-electron chi connectivity index (χ2n) is 5.75. The number of carbonyl (C=O) groups is 2. The number of nitrogens with zero attached hydrogens (tertiary/aromatic N) is 1. The van der Waals surface area contributed by atoms with Crippen LogP contribution in [0.25, 0.3) is 0 Å². The molecule has 130 valence electrons. The normalized spacial score (nSPS) is 13.6. The third kappa shape index (κ3) is 4.54. The van der Waals surface area contributed by atoms with Crippen molar-refractivity contribution in [3.8, 4) is 5.75 Å². The molecule has 0 aliphatic carbocycles. The maximum Gasteiger partial charge on any atom is 0.257 e. The molecule has 0 spiro atoms. The van der Waals surface area contributed by atoms with E-state index in [-0.39, 0.29) is 11.8 Å². The molecule has 0 aromatic heterocycles. The number of rotatable bonds is 5. The summed E-state index contributed by atoms with van der Waals surface area (Å²) in [6, 6.07) is 15.2. The fraction of sp³-hybridized carbons (Fsp3) is 0.263. The summed E-state index contributed by atoms with van der Waals surface area (Å²) in [6.45, 7) is 1.02. The highest BCUT2D eigenvalue weighted by Crippen LogP contribution is 2.26. The standard InChI is InChI=1S/C19H20N2O3S/c1-21-10-11-24-17-8-7-14(13-16(17)19(21)23)20-18(22)9-12-25-15-5-3-2-4-6-15/h2-8,13H,9-12H2,1H3,(H,20,22). The van der Waals surface area contributed by atoms with Gasteiger partial charge in [-0.1, -0.05) is 18.2 Å². The van der Waals surface area contributed by atoms with Crippen LogP contribution in [0.1, 0.15) is 16.8 Å². The molecule has 0 bridgehead atoms. The van der Waals surface area contributed by atoms with E-state index in [4.69, 9.17) is 4.74 Å². The first kappa shape index (κ1) is 17.4. The Morgan fingerprint density at radius 1 is 1.24 bits per heavy atom. The van der Waals surface area contributed by atoms with E-state index in [9.17, 15) is 9.59 Å². The Hall–Kier alpha value is -2.47. The number of amides is 2. The molecule has 3 rings (SSSR count). The van der Waals surface area contributed by atoms with Gasteiger partial charge in [0.15, 0.2) is 0 Å². The summed E-state index contributed by atoms with van der Waals surface area (Å²) in [5, 5.41) is 2.86. The van der Waals surface area contributed by atoms with Crippen molar-refractivity contribution in [1.29, 1.82) is 0 Å². The highest BCUT2D eigenvalue weighted by molar-refractivity contribution is 7.99. The molecular weight excluding hydrogens is 336 g/mol. The number of fused-ring (bicyclic) bond motifs is 1. The molecule has 0 atom stereocenters. The van der Waals surface area contributed by atoms with Crippen LogP contribution < -0.4 is 10.1 Å². The van der Waals surface area contributed by atoms with E-state index in [0.29, 0.717) is 42.3 Å². The monoisotopic (exact) mass is 356 g/mol. The molecule has 1 heterocycles. The van der Waals surface area contributed by atoms with Crippen LogP contribution in [-0.4, -0.2) is 42.7 Å². The lowest BCUT2D eigenvalue weighted by atomic mass is 10.1. The van der Waals surface area contributed by atoms with Gasteiger partial charge in [-0.25, -0.2) is 0 Å². The Balaban J connectivity index is 1.58. The Bertz CT molecular complexity index is 765. The van der Waals surface area contributed by atoms with Gasteiger partial charge >= 0.3 is 0 Å². The van der Waals surface area contributed by atoms with Gasteiger partial charge in [0.1, 0.15) is 12.4 Å². The first-order chi connectivity index (χ1) is 12.1. The van der Waals surface area contributed by atoms with Crippen molar-refractivity contribution in [1.82, 2.24) is 4.90 Å². The molecule has 1 aliphatic rings. The van der Waals surface area contributed by atoms with Crippen LogP contribution in [0.5, 0.6) is 5.75 Å². The summed E-state index contributed by atoms with van der Waals surface area (Å²) in [4.78, 5) is 27.2. The molecule has 2 amide bonds. The SMILES string of the molecule is CN1CCOc2ccc(NC(=O)CCSc3ccccc3)cc2C1=O. The highest BCUT2D eigenvalue weighted by Gasteiger charge is 2.21. The molecule has 2 aromatic rings. The summed E-state index contributed by atoms with van der Waals surface area (Å²) < 4.78 is 5.58. The molecule has 0 saturated carbocycles. The lowest BCUT2D eigenvalue weighted by Crippen LogP contribution is -2.27. The minimum absolute atomic E-state index is 0.0706. The molecule has 0 fully saturated rings. The average molecular weight is 356 g/mol. The van der Waals surface area contributed by atoms with Gasteiger partial charge in [0.25, 0.3) is 5.91 Å². The Labute approximate surface area is 151 Å². The van der Waals surface area contributed by atoms with E-state index >= 15 is 0 Å². The molecule has 6 heteroatoms. The van der Waals surface area contributed by atoms with Crippen molar-refractivity contribution in [3.05, 3.63) is 54.1 Å². The van der Waals surface area contributed by atoms with Gasteiger partial charge in [0.2, 0.25) is 5.91 Å². The summed E-state index contributed by atoms with van der Waals surface area (Å²) in [5.74, 6) is 1.10. The molecule has 1 N–H and O–H groups in total. The Kier molecular flexibility index (Phi) is 5.60. The van der Waals surface area contributed by atoms with Crippen LogP contribution in [0.2, 0.25) is 0 Å².